The van der Waals surface area contributed by atoms with Gasteiger partial charge in [0, 0.05) is 12.8 Å². The molecule has 0 heterocycles. The van der Waals surface area contributed by atoms with Gasteiger partial charge in [-0.1, -0.05) is 180 Å². The van der Waals surface area contributed by atoms with E-state index in [1.54, 1.807) is 0 Å². The van der Waals surface area contributed by atoms with Gasteiger partial charge in [0.25, 0.3) is 0 Å². The highest BCUT2D eigenvalue weighted by Crippen LogP contribution is 2.18. The number of carbonyl (C=O) groups excluding carboxylic acids is 1. The van der Waals surface area contributed by atoms with Crippen molar-refractivity contribution in [2.45, 2.75) is 206 Å². The second-order valence-electron chi connectivity index (χ2n) is 14.6. The molecule has 3 nitrogen and oxygen atoms in total. The van der Waals surface area contributed by atoms with Crippen LogP contribution in [0.4, 0.5) is 0 Å². The second kappa shape index (κ2) is 34.9. The minimum Gasteiger partial charge on any atom is -0.553 e. The molecule has 0 unspecified atom stereocenters. The quantitative estimate of drug-likeness (QED) is 0.0390. The minimum absolute atomic E-state index is 0.523. The molecular formula is C39H80NO2P. The molecule has 4 heteroatoms. The number of Topliss-reactive ketones (excluding diaryl/α,β-unsaturated/α-hetero) is 1. The maximum Gasteiger partial charge on any atom is 0.132 e. The Morgan fingerprint density at radius 1 is 0.465 bits per heavy atom. The highest BCUT2D eigenvalue weighted by atomic mass is 31.1. The molecule has 0 saturated heterocycles. The Morgan fingerprint density at radius 3 is 1.09 bits per heavy atom. The first kappa shape index (κ1) is 43.0. The summed E-state index contributed by atoms with van der Waals surface area (Å²) in [6, 6.07) is 0. The lowest BCUT2D eigenvalue weighted by Crippen LogP contribution is -2.37. The first-order chi connectivity index (χ1) is 21.0. The van der Waals surface area contributed by atoms with E-state index < -0.39 is 0 Å². The van der Waals surface area contributed by atoms with Crippen LogP contribution < -0.4 is 0 Å². The predicted molar refractivity (Wildman–Crippen MR) is 194 cm³/mol. The zero-order valence-corrected chi connectivity index (χ0v) is 31.1. The molecule has 0 radical (unpaired) electrons. The number of hydrogen-bond donors (Lipinski definition) is 0. The number of rotatable bonds is 37. The average Bonchev–Trinajstić information content (AvgIpc) is 2.97. The van der Waals surface area contributed by atoms with Gasteiger partial charge in [0.15, 0.2) is 0 Å². The lowest BCUT2D eigenvalue weighted by molar-refractivity contribution is -0.870. The summed E-state index contributed by atoms with van der Waals surface area (Å²) in [5, 5.41) is 0. The molecule has 0 aliphatic rings. The number of nitrogens with zero attached hydrogens (tertiary/aromatic N) is 1. The lowest BCUT2D eigenvalue weighted by atomic mass is 10.0. The zero-order chi connectivity index (χ0) is 31.5. The van der Waals surface area contributed by atoms with Gasteiger partial charge in [-0.25, -0.2) is 0 Å². The van der Waals surface area contributed by atoms with Gasteiger partial charge in [0.1, 0.15) is 5.78 Å². The fourth-order valence-corrected chi connectivity index (χ4v) is 6.57. The molecule has 0 spiro atoms. The lowest BCUT2D eigenvalue weighted by Gasteiger charge is -2.27. The van der Waals surface area contributed by atoms with E-state index in [0.29, 0.717) is 5.78 Å². The van der Waals surface area contributed by atoms with Crippen molar-refractivity contribution in [1.29, 1.82) is 0 Å². The highest BCUT2D eigenvalue weighted by Gasteiger charge is 2.04. The summed E-state index contributed by atoms with van der Waals surface area (Å²) in [4.78, 5) is 12.2. The molecule has 0 atom stereocenters. The van der Waals surface area contributed by atoms with Crippen LogP contribution in [-0.4, -0.2) is 50.7 Å². The molecule has 0 rings (SSSR count). The van der Waals surface area contributed by atoms with E-state index in [2.05, 4.69) is 28.1 Å². The highest BCUT2D eigenvalue weighted by molar-refractivity contribution is 7.32. The normalized spacial score (nSPS) is 12.2. The average molecular weight is 626 g/mol. The predicted octanol–water partition coefficient (Wildman–Crippen LogP) is 13.3. The molecular weight excluding hydrogens is 545 g/mol. The number of unbranched alkanes of at least 4 members (excludes halogenated alkanes) is 27. The van der Waals surface area contributed by atoms with Gasteiger partial charge in [-0.05, 0) is 12.8 Å². The Balaban J connectivity index is 3.15. The topological polar surface area (TPSA) is 26.3 Å². The molecule has 0 fully saturated rings. The monoisotopic (exact) mass is 626 g/mol. The van der Waals surface area contributed by atoms with Gasteiger partial charge in [-0.15, -0.1) is 0 Å². The van der Waals surface area contributed by atoms with Crippen LogP contribution >= 0.6 is 8.81 Å². The minimum atomic E-state index is 0.523. The van der Waals surface area contributed by atoms with Crippen LogP contribution in [-0.2, 0) is 9.32 Å². The Bertz CT molecular complexity index is 548. The molecule has 0 saturated carbocycles. The van der Waals surface area contributed by atoms with Crippen molar-refractivity contribution in [3.63, 3.8) is 0 Å². The van der Waals surface area contributed by atoms with Crippen LogP contribution in [0, 0.1) is 0 Å². The number of likely N-dealkylation sites (N-methyl/N-ethyl adjacent to an activating group) is 1. The summed E-state index contributed by atoms with van der Waals surface area (Å²) in [7, 11) is 7.84. The van der Waals surface area contributed by atoms with E-state index in [1.165, 1.54) is 188 Å². The van der Waals surface area contributed by atoms with Gasteiger partial charge in [0.05, 0.1) is 34.3 Å². The van der Waals surface area contributed by atoms with Gasteiger partial charge < -0.3 is 17.8 Å². The summed E-state index contributed by atoms with van der Waals surface area (Å²) in [6.45, 7) is 4.27. The van der Waals surface area contributed by atoms with E-state index in [0.717, 1.165) is 43.3 Å². The maximum absolute atomic E-state index is 12.2. The summed E-state index contributed by atoms with van der Waals surface area (Å²) in [6.07, 6.45) is 42.8. The third-order valence-electron chi connectivity index (χ3n) is 8.96. The van der Waals surface area contributed by atoms with Crippen molar-refractivity contribution in [2.24, 2.45) is 0 Å². The Kier molecular flexibility index (Phi) is 34.9. The van der Waals surface area contributed by atoms with Crippen molar-refractivity contribution >= 4 is 14.6 Å². The molecule has 258 valence electrons. The van der Waals surface area contributed by atoms with E-state index in [4.69, 9.17) is 4.52 Å². The van der Waals surface area contributed by atoms with E-state index in [9.17, 15) is 4.79 Å². The van der Waals surface area contributed by atoms with Gasteiger partial charge in [-0.3, -0.25) is 4.79 Å². The van der Waals surface area contributed by atoms with Gasteiger partial charge >= 0.3 is 0 Å². The van der Waals surface area contributed by atoms with Crippen molar-refractivity contribution in [1.82, 2.24) is 0 Å². The van der Waals surface area contributed by atoms with E-state index in [1.807, 2.05) is 0 Å². The third-order valence-corrected chi connectivity index (χ3v) is 9.82. The number of hydrogen-bond acceptors (Lipinski definition) is 2. The van der Waals surface area contributed by atoms with Crippen LogP contribution in [0.25, 0.3) is 0 Å². The summed E-state index contributed by atoms with van der Waals surface area (Å²) >= 11 is 0. The van der Waals surface area contributed by atoms with Crippen LogP contribution in [0.3, 0.4) is 0 Å². The van der Waals surface area contributed by atoms with E-state index >= 15 is 0 Å². The van der Waals surface area contributed by atoms with Crippen LogP contribution in [0.5, 0.6) is 0 Å². The summed E-state index contributed by atoms with van der Waals surface area (Å²) in [5.74, 6) is 0.523. The fourth-order valence-electron chi connectivity index (χ4n) is 5.88. The molecule has 0 amide bonds. The molecule has 43 heavy (non-hydrogen) atoms. The third kappa shape index (κ3) is 40.0. The molecule has 0 aromatic heterocycles. The van der Waals surface area contributed by atoms with Gasteiger partial charge in [0.2, 0.25) is 0 Å². The Morgan fingerprint density at radius 2 is 0.767 bits per heavy atom. The maximum atomic E-state index is 12.2. The van der Waals surface area contributed by atoms with Crippen molar-refractivity contribution in [2.75, 3.05) is 40.5 Å². The molecule has 0 aliphatic heterocycles. The number of carbonyl (C=O) groups is 1. The fraction of sp³-hybridized carbons (Fsp3) is 0.974. The van der Waals surface area contributed by atoms with Crippen molar-refractivity contribution in [3.8, 4) is 0 Å². The van der Waals surface area contributed by atoms with Crippen LogP contribution in [0.15, 0.2) is 0 Å². The smallest absolute Gasteiger partial charge is 0.132 e. The SMILES string of the molecule is CCCCCCCCCCCCCCCC(=O)CCCCCCCCCCCCCCCCCC[P-]OCC[N+](C)(C)C. The van der Waals surface area contributed by atoms with Gasteiger partial charge in [-0.2, -0.15) is 6.16 Å². The first-order valence-electron chi connectivity index (χ1n) is 19.6. The summed E-state index contributed by atoms with van der Waals surface area (Å²) < 4.78 is 6.71. The first-order valence-corrected chi connectivity index (χ1v) is 20.6. The molecule has 0 aliphatic carbocycles. The summed E-state index contributed by atoms with van der Waals surface area (Å²) in [5.41, 5.74) is 0. The van der Waals surface area contributed by atoms with Crippen LogP contribution in [0.1, 0.15) is 206 Å². The van der Waals surface area contributed by atoms with Crippen LogP contribution in [0.2, 0.25) is 0 Å². The van der Waals surface area contributed by atoms with Crippen molar-refractivity contribution < 1.29 is 13.8 Å². The van der Waals surface area contributed by atoms with Crippen molar-refractivity contribution in [3.05, 3.63) is 0 Å². The zero-order valence-electron chi connectivity index (χ0n) is 30.3. The second-order valence-corrected chi connectivity index (χ2v) is 15.6. The molecule has 0 bridgehead atoms. The molecule has 0 aromatic carbocycles. The number of quaternary nitrogens is 1. The molecule has 0 N–H and O–H groups in total. The molecule has 0 aromatic rings. The number of ketones is 1. The Hall–Kier alpha value is 0.0200. The standard InChI is InChI=1S/C39H80NO2P/c1-5-6-7-8-9-10-11-16-19-22-25-28-31-34-39(41)35-32-29-26-23-20-17-14-12-13-15-18-21-24-27-30-33-38-43-42-37-36-40(2,3)4/h5-38H2,1-4H3. The Labute approximate surface area is 274 Å². The largest absolute Gasteiger partial charge is 0.553 e. The van der Waals surface area contributed by atoms with E-state index in [-0.39, 0.29) is 0 Å².